The van der Waals surface area contributed by atoms with Gasteiger partial charge in [0.1, 0.15) is 0 Å². The van der Waals surface area contributed by atoms with E-state index in [9.17, 15) is 4.79 Å². The van der Waals surface area contributed by atoms with Crippen LogP contribution in [0.15, 0.2) is 12.2 Å². The molecule has 0 bridgehead atoms. The fourth-order valence-electron chi connectivity index (χ4n) is 0.785. The molecule has 0 rings (SSSR count). The van der Waals surface area contributed by atoms with E-state index in [0.717, 1.165) is 5.57 Å². The Hall–Kier alpha value is -0.990. The summed E-state index contributed by atoms with van der Waals surface area (Å²) in [5.41, 5.74) is 0.987. The van der Waals surface area contributed by atoms with E-state index in [1.165, 1.54) is 0 Å². The van der Waals surface area contributed by atoms with Crippen LogP contribution in [0.1, 0.15) is 20.3 Å². The van der Waals surface area contributed by atoms with Crippen LogP contribution in [-0.2, 0) is 0 Å². The van der Waals surface area contributed by atoms with Gasteiger partial charge >= 0.3 is 6.09 Å². The minimum atomic E-state index is -0.978. The van der Waals surface area contributed by atoms with E-state index in [1.807, 2.05) is 13.8 Å². The normalized spacial score (nSPS) is 12.2. The molecule has 0 fully saturated rings. The first-order valence-corrected chi connectivity index (χ1v) is 3.16. The van der Waals surface area contributed by atoms with Crippen LogP contribution in [0, 0.1) is 0 Å². The number of carboxylic acid groups (broad SMARTS) is 1. The summed E-state index contributed by atoms with van der Waals surface area (Å²) in [6.45, 7) is 7.35. The third-order valence-electron chi connectivity index (χ3n) is 1.02. The zero-order chi connectivity index (χ0) is 8.15. The molecule has 0 radical (unpaired) electrons. The van der Waals surface area contributed by atoms with Gasteiger partial charge in [0, 0.05) is 6.04 Å². The van der Waals surface area contributed by atoms with Gasteiger partial charge in [0.15, 0.2) is 0 Å². The van der Waals surface area contributed by atoms with Crippen molar-refractivity contribution >= 4 is 6.09 Å². The molecule has 1 atom stereocenters. The molecule has 0 aliphatic carbocycles. The Morgan fingerprint density at radius 3 is 2.60 bits per heavy atom. The van der Waals surface area contributed by atoms with Gasteiger partial charge < -0.3 is 10.4 Å². The average Bonchev–Trinajstić information content (AvgIpc) is 1.58. The van der Waals surface area contributed by atoms with E-state index < -0.39 is 6.09 Å². The van der Waals surface area contributed by atoms with E-state index in [0.29, 0.717) is 6.42 Å². The van der Waals surface area contributed by atoms with Crippen molar-refractivity contribution in [2.45, 2.75) is 26.3 Å². The van der Waals surface area contributed by atoms with Crippen LogP contribution in [0.2, 0.25) is 0 Å². The fourth-order valence-corrected chi connectivity index (χ4v) is 0.785. The predicted octanol–water partition coefficient (Wildman–Crippen LogP) is 1.61. The molecule has 10 heavy (non-hydrogen) atoms. The van der Waals surface area contributed by atoms with E-state index in [-0.39, 0.29) is 6.04 Å². The maximum Gasteiger partial charge on any atom is 0.404 e. The van der Waals surface area contributed by atoms with Crippen molar-refractivity contribution in [3.63, 3.8) is 0 Å². The Labute approximate surface area is 60.7 Å². The van der Waals surface area contributed by atoms with E-state index in [2.05, 4.69) is 11.9 Å². The Balaban J connectivity index is 3.53. The lowest BCUT2D eigenvalue weighted by atomic mass is 10.1. The van der Waals surface area contributed by atoms with Crippen molar-refractivity contribution in [1.29, 1.82) is 0 Å². The number of carbonyl (C=O) groups is 1. The first-order valence-electron chi connectivity index (χ1n) is 3.16. The molecular formula is C7H13NO2. The van der Waals surface area contributed by atoms with Gasteiger partial charge in [-0.05, 0) is 20.3 Å². The lowest BCUT2D eigenvalue weighted by molar-refractivity contribution is 0.190. The van der Waals surface area contributed by atoms with Crippen molar-refractivity contribution in [2.24, 2.45) is 0 Å². The number of hydrogen-bond acceptors (Lipinski definition) is 1. The third kappa shape index (κ3) is 5.15. The number of hydrogen-bond donors (Lipinski definition) is 2. The Morgan fingerprint density at radius 2 is 2.30 bits per heavy atom. The zero-order valence-corrected chi connectivity index (χ0v) is 6.35. The first kappa shape index (κ1) is 9.01. The standard InChI is InChI=1S/C7H13NO2/c1-5(2)4-6(3)8-7(9)10/h6,8H,1,4H2,2-3H3,(H,9,10). The van der Waals surface area contributed by atoms with Gasteiger partial charge in [0.05, 0.1) is 0 Å². The average molecular weight is 143 g/mol. The molecule has 0 saturated heterocycles. The van der Waals surface area contributed by atoms with Crippen LogP contribution < -0.4 is 5.32 Å². The second-order valence-corrected chi connectivity index (χ2v) is 2.51. The van der Waals surface area contributed by atoms with Gasteiger partial charge in [-0.2, -0.15) is 0 Å². The molecular weight excluding hydrogens is 130 g/mol. The molecule has 3 nitrogen and oxygen atoms in total. The quantitative estimate of drug-likeness (QED) is 0.589. The minimum Gasteiger partial charge on any atom is -0.465 e. The third-order valence-corrected chi connectivity index (χ3v) is 1.02. The summed E-state index contributed by atoms with van der Waals surface area (Å²) in [5, 5.41) is 10.6. The molecule has 0 spiro atoms. The summed E-state index contributed by atoms with van der Waals surface area (Å²) in [6.07, 6.45) is -0.277. The Bertz CT molecular complexity index is 127. The molecule has 0 aliphatic rings. The van der Waals surface area contributed by atoms with E-state index in [1.54, 1.807) is 0 Å². The fraction of sp³-hybridized carbons (Fsp3) is 0.571. The summed E-state index contributed by atoms with van der Waals surface area (Å²) in [7, 11) is 0. The highest BCUT2D eigenvalue weighted by Gasteiger charge is 2.03. The van der Waals surface area contributed by atoms with Crippen molar-refractivity contribution in [3.8, 4) is 0 Å². The molecule has 3 heteroatoms. The molecule has 0 aromatic carbocycles. The Morgan fingerprint density at radius 1 is 1.80 bits per heavy atom. The number of rotatable bonds is 3. The first-order chi connectivity index (χ1) is 4.52. The van der Waals surface area contributed by atoms with Crippen LogP contribution in [-0.4, -0.2) is 17.2 Å². The van der Waals surface area contributed by atoms with Crippen LogP contribution in [0.3, 0.4) is 0 Å². The van der Waals surface area contributed by atoms with Crippen LogP contribution in [0.25, 0.3) is 0 Å². The van der Waals surface area contributed by atoms with Gasteiger partial charge in [-0.1, -0.05) is 5.57 Å². The molecule has 0 aromatic heterocycles. The van der Waals surface area contributed by atoms with Crippen molar-refractivity contribution in [1.82, 2.24) is 5.32 Å². The highest BCUT2D eigenvalue weighted by atomic mass is 16.4. The monoisotopic (exact) mass is 143 g/mol. The summed E-state index contributed by atoms with van der Waals surface area (Å²) in [4.78, 5) is 10.1. The van der Waals surface area contributed by atoms with Crippen molar-refractivity contribution in [2.75, 3.05) is 0 Å². The molecule has 0 aliphatic heterocycles. The molecule has 2 N–H and O–H groups in total. The molecule has 0 aromatic rings. The second kappa shape index (κ2) is 3.93. The van der Waals surface area contributed by atoms with Gasteiger partial charge in [0.25, 0.3) is 0 Å². The number of amides is 1. The summed E-state index contributed by atoms with van der Waals surface area (Å²) < 4.78 is 0. The van der Waals surface area contributed by atoms with Gasteiger partial charge in [-0.3, -0.25) is 0 Å². The largest absolute Gasteiger partial charge is 0.465 e. The van der Waals surface area contributed by atoms with Crippen LogP contribution in [0.4, 0.5) is 4.79 Å². The zero-order valence-electron chi connectivity index (χ0n) is 6.35. The molecule has 1 amide bonds. The highest BCUT2D eigenvalue weighted by Crippen LogP contribution is 1.99. The van der Waals surface area contributed by atoms with Crippen molar-refractivity contribution in [3.05, 3.63) is 12.2 Å². The number of nitrogens with one attached hydrogen (secondary N) is 1. The molecule has 58 valence electrons. The van der Waals surface area contributed by atoms with Crippen molar-refractivity contribution < 1.29 is 9.90 Å². The van der Waals surface area contributed by atoms with Crippen LogP contribution in [0.5, 0.6) is 0 Å². The predicted molar refractivity (Wildman–Crippen MR) is 40.1 cm³/mol. The minimum absolute atomic E-state index is 0.0324. The highest BCUT2D eigenvalue weighted by molar-refractivity contribution is 5.64. The lowest BCUT2D eigenvalue weighted by Gasteiger charge is -2.09. The maximum atomic E-state index is 10.1. The topological polar surface area (TPSA) is 49.3 Å². The summed E-state index contributed by atoms with van der Waals surface area (Å²) in [6, 6.07) is -0.0324. The SMILES string of the molecule is C=C(C)CC(C)NC(=O)O. The van der Waals surface area contributed by atoms with Gasteiger partial charge in [-0.25, -0.2) is 4.79 Å². The molecule has 1 unspecified atom stereocenters. The second-order valence-electron chi connectivity index (χ2n) is 2.51. The summed E-state index contributed by atoms with van der Waals surface area (Å²) in [5.74, 6) is 0. The smallest absolute Gasteiger partial charge is 0.404 e. The molecule has 0 saturated carbocycles. The van der Waals surface area contributed by atoms with E-state index >= 15 is 0 Å². The molecule has 0 heterocycles. The van der Waals surface area contributed by atoms with Gasteiger partial charge in [0.2, 0.25) is 0 Å². The lowest BCUT2D eigenvalue weighted by Crippen LogP contribution is -2.30. The Kier molecular flexibility index (Phi) is 3.54. The van der Waals surface area contributed by atoms with Gasteiger partial charge in [-0.15, -0.1) is 6.58 Å². The van der Waals surface area contributed by atoms with Crippen LogP contribution >= 0.6 is 0 Å². The maximum absolute atomic E-state index is 10.1. The van der Waals surface area contributed by atoms with E-state index in [4.69, 9.17) is 5.11 Å². The summed E-state index contributed by atoms with van der Waals surface area (Å²) >= 11 is 0.